The van der Waals surface area contributed by atoms with Crippen LogP contribution in [0.4, 0.5) is 26.2 Å². The lowest BCUT2D eigenvalue weighted by atomic mass is 9.93. The lowest BCUT2D eigenvalue weighted by Crippen LogP contribution is -2.35. The third-order valence-corrected chi connectivity index (χ3v) is 5.84. The molecule has 8 heteroatoms. The Kier molecular flexibility index (Phi) is 6.48. The Morgan fingerprint density at radius 1 is 1.13 bits per heavy atom. The van der Waals surface area contributed by atoms with Crippen LogP contribution >= 0.6 is 24.0 Å². The van der Waals surface area contributed by atoms with Crippen LogP contribution in [0.3, 0.4) is 0 Å². The second kappa shape index (κ2) is 8.74. The summed E-state index contributed by atoms with van der Waals surface area (Å²) >= 11 is 6.38. The third-order valence-electron chi connectivity index (χ3n) is 5.49. The summed E-state index contributed by atoms with van der Waals surface area (Å²) in [6.45, 7) is 6.76. The normalized spacial score (nSPS) is 15.4. The maximum atomic E-state index is 14.1. The summed E-state index contributed by atoms with van der Waals surface area (Å²) in [6, 6.07) is 9.42. The smallest absolute Gasteiger partial charge is 0.229 e. The molecule has 1 unspecified atom stereocenters. The van der Waals surface area contributed by atoms with Crippen molar-refractivity contribution in [3.8, 4) is 0 Å². The molecule has 1 aromatic heterocycles. The molecule has 1 N–H and O–H groups in total. The first-order valence-corrected chi connectivity index (χ1v) is 9.84. The van der Waals surface area contributed by atoms with Gasteiger partial charge in [0.05, 0.1) is 11.7 Å². The molecule has 0 fully saturated rings. The highest BCUT2D eigenvalue weighted by Crippen LogP contribution is 2.37. The Hall–Kier alpha value is -2.44. The zero-order valence-corrected chi connectivity index (χ0v) is 18.4. The van der Waals surface area contributed by atoms with Crippen LogP contribution in [-0.4, -0.2) is 16.5 Å². The summed E-state index contributed by atoms with van der Waals surface area (Å²) in [5.41, 5.74) is 4.24. The van der Waals surface area contributed by atoms with E-state index in [1.54, 1.807) is 0 Å². The molecule has 0 spiro atoms. The van der Waals surface area contributed by atoms with E-state index in [2.05, 4.69) is 33.2 Å². The highest BCUT2D eigenvalue weighted by atomic mass is 35.5. The molecular weight excluding hydrogens is 429 g/mol. The Morgan fingerprint density at radius 3 is 2.63 bits per heavy atom. The van der Waals surface area contributed by atoms with Crippen molar-refractivity contribution < 1.29 is 8.78 Å². The number of aromatic nitrogens is 2. The van der Waals surface area contributed by atoms with Gasteiger partial charge in [0.1, 0.15) is 17.5 Å². The quantitative estimate of drug-likeness (QED) is 0.507. The second-order valence-electron chi connectivity index (χ2n) is 7.26. The number of aryl methyl sites for hydroxylation is 1. The third kappa shape index (κ3) is 4.07. The van der Waals surface area contributed by atoms with Crippen molar-refractivity contribution in [1.29, 1.82) is 0 Å². The van der Waals surface area contributed by atoms with Crippen LogP contribution in [0.15, 0.2) is 36.4 Å². The van der Waals surface area contributed by atoms with E-state index in [1.807, 2.05) is 26.0 Å². The number of nitrogens with zero attached hydrogens (tertiary/aromatic N) is 3. The molecule has 0 radical (unpaired) electrons. The summed E-state index contributed by atoms with van der Waals surface area (Å²) in [5.74, 6) is -0.254. The minimum atomic E-state index is -0.691. The first-order valence-electron chi connectivity index (χ1n) is 9.46. The molecule has 1 atom stereocenters. The highest BCUT2D eigenvalue weighted by molar-refractivity contribution is 6.31. The monoisotopic (exact) mass is 450 g/mol. The maximum absolute atomic E-state index is 14.1. The van der Waals surface area contributed by atoms with E-state index in [9.17, 15) is 8.78 Å². The van der Waals surface area contributed by atoms with E-state index in [0.717, 1.165) is 41.1 Å². The molecule has 0 saturated heterocycles. The number of fused-ring (bicyclic) bond motifs is 1. The standard InChI is InChI=1S/C22H21ClF2N4.ClH/c1-12-13(2)26-22(27-20-8-7-15(24)11-19(20)25)28-21(12)29-10-9-17-16(14(29)3)5-4-6-18(17)23;/h4-8,11,14H,9-10H2,1-3H3,(H,26,27,28);1H. The van der Waals surface area contributed by atoms with Crippen LogP contribution in [0.25, 0.3) is 0 Å². The van der Waals surface area contributed by atoms with Gasteiger partial charge in [-0.1, -0.05) is 23.7 Å². The van der Waals surface area contributed by atoms with Gasteiger partial charge < -0.3 is 10.2 Å². The van der Waals surface area contributed by atoms with Crippen molar-refractivity contribution in [2.45, 2.75) is 33.2 Å². The number of anilines is 3. The molecule has 0 aliphatic carbocycles. The largest absolute Gasteiger partial charge is 0.349 e. The topological polar surface area (TPSA) is 41.1 Å². The van der Waals surface area contributed by atoms with Crippen molar-refractivity contribution >= 4 is 41.5 Å². The number of nitrogens with one attached hydrogen (secondary N) is 1. The van der Waals surface area contributed by atoms with Gasteiger partial charge in [0.2, 0.25) is 5.95 Å². The fourth-order valence-electron chi connectivity index (χ4n) is 3.77. The van der Waals surface area contributed by atoms with Crippen molar-refractivity contribution in [1.82, 2.24) is 9.97 Å². The lowest BCUT2D eigenvalue weighted by Gasteiger charge is -2.37. The fraction of sp³-hybridized carbons (Fsp3) is 0.273. The van der Waals surface area contributed by atoms with Crippen molar-refractivity contribution in [3.63, 3.8) is 0 Å². The zero-order chi connectivity index (χ0) is 20.7. The van der Waals surface area contributed by atoms with Crippen LogP contribution in [-0.2, 0) is 6.42 Å². The Labute approximate surface area is 185 Å². The van der Waals surface area contributed by atoms with E-state index in [-0.39, 0.29) is 30.1 Å². The first-order chi connectivity index (χ1) is 13.8. The van der Waals surface area contributed by atoms with Crippen LogP contribution in [0, 0.1) is 25.5 Å². The summed E-state index contributed by atoms with van der Waals surface area (Å²) in [5, 5.41) is 3.67. The summed E-state index contributed by atoms with van der Waals surface area (Å²) in [6.07, 6.45) is 0.817. The Balaban J connectivity index is 0.00000256. The maximum Gasteiger partial charge on any atom is 0.229 e. The molecule has 4 rings (SSSR count). The van der Waals surface area contributed by atoms with Gasteiger partial charge in [-0.3, -0.25) is 0 Å². The molecule has 2 aromatic carbocycles. The van der Waals surface area contributed by atoms with Gasteiger partial charge >= 0.3 is 0 Å². The Morgan fingerprint density at radius 2 is 1.90 bits per heavy atom. The van der Waals surface area contributed by atoms with E-state index in [1.165, 1.54) is 23.3 Å². The van der Waals surface area contributed by atoms with E-state index in [4.69, 9.17) is 11.6 Å². The van der Waals surface area contributed by atoms with Gasteiger partial charge in [-0.05, 0) is 56.5 Å². The molecule has 0 saturated carbocycles. The number of benzene rings is 2. The Bertz CT molecular complexity index is 1090. The molecule has 30 heavy (non-hydrogen) atoms. The minimum absolute atomic E-state index is 0. The molecule has 4 nitrogen and oxygen atoms in total. The number of rotatable bonds is 3. The molecule has 2 heterocycles. The van der Waals surface area contributed by atoms with Gasteiger partial charge in [-0.2, -0.15) is 4.98 Å². The summed E-state index contributed by atoms with van der Waals surface area (Å²) < 4.78 is 27.2. The molecule has 0 amide bonds. The van der Waals surface area contributed by atoms with E-state index >= 15 is 0 Å². The van der Waals surface area contributed by atoms with Crippen molar-refractivity contribution in [3.05, 3.63) is 75.4 Å². The lowest BCUT2D eigenvalue weighted by molar-refractivity contribution is 0.585. The molecule has 3 aromatic rings. The van der Waals surface area contributed by atoms with Gasteiger partial charge in [-0.25, -0.2) is 13.8 Å². The van der Waals surface area contributed by atoms with Gasteiger partial charge in [0.15, 0.2) is 0 Å². The molecule has 1 aliphatic heterocycles. The highest BCUT2D eigenvalue weighted by Gasteiger charge is 2.28. The summed E-state index contributed by atoms with van der Waals surface area (Å²) in [7, 11) is 0. The van der Waals surface area contributed by atoms with Gasteiger partial charge in [-0.15, -0.1) is 12.4 Å². The minimum Gasteiger partial charge on any atom is -0.349 e. The van der Waals surface area contributed by atoms with E-state index in [0.29, 0.717) is 0 Å². The SMILES string of the molecule is Cc1nc(Nc2ccc(F)cc2F)nc(N2CCc3c(Cl)cccc3C2C)c1C.Cl. The average Bonchev–Trinajstić information content (AvgIpc) is 2.68. The predicted molar refractivity (Wildman–Crippen MR) is 119 cm³/mol. The predicted octanol–water partition coefficient (Wildman–Crippen LogP) is 6.31. The van der Waals surface area contributed by atoms with Crippen LogP contribution < -0.4 is 10.2 Å². The molecule has 1 aliphatic rings. The van der Waals surface area contributed by atoms with Gasteiger partial charge in [0.25, 0.3) is 0 Å². The number of halogens is 4. The molecular formula is C22H22Cl2F2N4. The van der Waals surface area contributed by atoms with Crippen molar-refractivity contribution in [2.24, 2.45) is 0 Å². The van der Waals surface area contributed by atoms with Crippen molar-refractivity contribution in [2.75, 3.05) is 16.8 Å². The summed E-state index contributed by atoms with van der Waals surface area (Å²) in [4.78, 5) is 11.3. The van der Waals surface area contributed by atoms with Crippen LogP contribution in [0.1, 0.15) is 35.3 Å². The first kappa shape index (κ1) is 22.2. The zero-order valence-electron chi connectivity index (χ0n) is 16.8. The van der Waals surface area contributed by atoms with E-state index < -0.39 is 11.6 Å². The van der Waals surface area contributed by atoms with Crippen LogP contribution in [0.2, 0.25) is 5.02 Å². The second-order valence-corrected chi connectivity index (χ2v) is 7.66. The van der Waals surface area contributed by atoms with Crippen LogP contribution in [0.5, 0.6) is 0 Å². The molecule has 0 bridgehead atoms. The van der Waals surface area contributed by atoms with Gasteiger partial charge in [0, 0.05) is 28.9 Å². The molecule has 158 valence electrons. The average molecular weight is 451 g/mol. The fourth-order valence-corrected chi connectivity index (χ4v) is 4.05. The number of hydrogen-bond acceptors (Lipinski definition) is 4. The number of hydrogen-bond donors (Lipinski definition) is 1.